The van der Waals surface area contributed by atoms with Crippen LogP contribution < -0.4 is 15.0 Å². The summed E-state index contributed by atoms with van der Waals surface area (Å²) in [6, 6.07) is 12.4. The summed E-state index contributed by atoms with van der Waals surface area (Å²) in [5.74, 6) is 1.51. The Morgan fingerprint density at radius 3 is 2.89 bits per heavy atom. The molecule has 0 aliphatic carbocycles. The number of hydrogen-bond acceptors (Lipinski definition) is 4. The fourth-order valence-corrected chi connectivity index (χ4v) is 3.01. The highest BCUT2D eigenvalue weighted by Gasteiger charge is 2.22. The van der Waals surface area contributed by atoms with E-state index < -0.39 is 0 Å². The van der Waals surface area contributed by atoms with Crippen LogP contribution in [0.1, 0.15) is 18.1 Å². The maximum Gasteiger partial charge on any atom is 0.218 e. The Morgan fingerprint density at radius 2 is 2.07 bits per heavy atom. The predicted molar refractivity (Wildman–Crippen MR) is 119 cm³/mol. The molecule has 1 aliphatic heterocycles. The normalized spacial score (nSPS) is 13.1. The lowest BCUT2D eigenvalue weighted by atomic mass is 10.2. The molecule has 0 amide bonds. The summed E-state index contributed by atoms with van der Waals surface area (Å²) >= 11 is 0. The lowest BCUT2D eigenvalue weighted by Crippen LogP contribution is -2.40. The topological polar surface area (TPSA) is 59.0 Å². The van der Waals surface area contributed by atoms with Crippen molar-refractivity contribution < 1.29 is 9.47 Å². The molecule has 0 saturated carbocycles. The number of hydrogen-bond donors (Lipinski definition) is 1. The number of anilines is 1. The molecule has 1 aliphatic rings. The van der Waals surface area contributed by atoms with Crippen LogP contribution in [0.15, 0.2) is 47.6 Å². The van der Waals surface area contributed by atoms with Gasteiger partial charge in [0.1, 0.15) is 6.61 Å². The van der Waals surface area contributed by atoms with Gasteiger partial charge in [-0.2, -0.15) is 0 Å². The Balaban J connectivity index is 0.00000261. The third kappa shape index (κ3) is 5.55. The number of nitrogens with one attached hydrogen (secondary N) is 1. The van der Waals surface area contributed by atoms with Crippen LogP contribution in [-0.4, -0.2) is 44.4 Å². The van der Waals surface area contributed by atoms with E-state index in [-0.39, 0.29) is 24.0 Å². The van der Waals surface area contributed by atoms with Crippen molar-refractivity contribution in [2.45, 2.75) is 19.9 Å². The maximum atomic E-state index is 5.71. The van der Waals surface area contributed by atoms with Gasteiger partial charge in [-0.15, -0.1) is 24.0 Å². The van der Waals surface area contributed by atoms with E-state index in [0.29, 0.717) is 25.6 Å². The summed E-state index contributed by atoms with van der Waals surface area (Å²) < 4.78 is 10.7. The van der Waals surface area contributed by atoms with E-state index in [1.54, 1.807) is 13.3 Å². The fourth-order valence-electron chi connectivity index (χ4n) is 3.01. The van der Waals surface area contributed by atoms with Crippen LogP contribution in [0.5, 0.6) is 5.88 Å². The number of methoxy groups -OCH3 is 1. The van der Waals surface area contributed by atoms with Gasteiger partial charge in [0.25, 0.3) is 0 Å². The van der Waals surface area contributed by atoms with Crippen molar-refractivity contribution in [2.24, 2.45) is 4.99 Å². The molecule has 27 heavy (non-hydrogen) atoms. The van der Waals surface area contributed by atoms with E-state index in [9.17, 15) is 0 Å². The average Bonchev–Trinajstić information content (AvgIpc) is 3.10. The first-order valence-corrected chi connectivity index (χ1v) is 9.03. The highest BCUT2D eigenvalue weighted by molar-refractivity contribution is 14.0. The summed E-state index contributed by atoms with van der Waals surface area (Å²) in [6.07, 6.45) is 2.77. The van der Waals surface area contributed by atoms with Gasteiger partial charge < -0.3 is 19.7 Å². The molecule has 0 spiro atoms. The van der Waals surface area contributed by atoms with E-state index >= 15 is 0 Å². The van der Waals surface area contributed by atoms with Gasteiger partial charge in [-0.25, -0.2) is 9.98 Å². The number of para-hydroxylation sites is 1. The van der Waals surface area contributed by atoms with Gasteiger partial charge in [-0.3, -0.25) is 0 Å². The van der Waals surface area contributed by atoms with Gasteiger partial charge in [-0.1, -0.05) is 24.3 Å². The van der Waals surface area contributed by atoms with Crippen LogP contribution in [0.3, 0.4) is 0 Å². The Hall–Kier alpha value is -1.87. The van der Waals surface area contributed by atoms with E-state index in [1.165, 1.54) is 11.3 Å². The molecule has 0 bridgehead atoms. The van der Waals surface area contributed by atoms with Crippen LogP contribution >= 0.6 is 24.0 Å². The van der Waals surface area contributed by atoms with Crippen molar-refractivity contribution >= 4 is 35.6 Å². The molecule has 1 aromatic carbocycles. The Bertz CT molecular complexity index is 754. The van der Waals surface area contributed by atoms with Crippen LogP contribution in [0.25, 0.3) is 0 Å². The molecule has 1 aromatic heterocycles. The minimum atomic E-state index is 0. The van der Waals surface area contributed by atoms with E-state index in [0.717, 1.165) is 31.0 Å². The summed E-state index contributed by atoms with van der Waals surface area (Å²) in [7, 11) is 1.66. The number of nitrogens with zero attached hydrogens (tertiary/aromatic N) is 3. The zero-order valence-electron chi connectivity index (χ0n) is 15.9. The molecule has 3 rings (SSSR count). The number of ether oxygens (including phenoxy) is 2. The summed E-state index contributed by atoms with van der Waals surface area (Å²) in [6.45, 7) is 5.37. The number of pyridine rings is 1. The van der Waals surface area contributed by atoms with Crippen LogP contribution in [-0.2, 0) is 17.7 Å². The first kappa shape index (κ1) is 21.4. The van der Waals surface area contributed by atoms with Crippen LogP contribution in [0.4, 0.5) is 5.69 Å². The molecular weight excluding hydrogens is 455 g/mol. The third-order valence-corrected chi connectivity index (χ3v) is 4.25. The minimum Gasteiger partial charge on any atom is -0.475 e. The molecule has 0 saturated heterocycles. The van der Waals surface area contributed by atoms with Gasteiger partial charge in [-0.05, 0) is 31.0 Å². The standard InChI is InChI=1S/C20H26N4O2.HI/c1-3-21-20(24-12-10-16-7-4-5-9-18(16)24)23-15-17-8-6-11-22-19(17)26-14-13-25-2;/h4-9,11H,3,10,12-15H2,1-2H3,(H,21,23);1H. The molecule has 146 valence electrons. The SMILES string of the molecule is CCNC(=NCc1cccnc1OCCOC)N1CCc2ccccc21.I. The maximum absolute atomic E-state index is 5.71. The van der Waals surface area contributed by atoms with Crippen molar-refractivity contribution in [2.75, 3.05) is 38.3 Å². The van der Waals surface area contributed by atoms with Gasteiger partial charge in [0, 0.05) is 37.6 Å². The Morgan fingerprint density at radius 1 is 1.22 bits per heavy atom. The van der Waals surface area contributed by atoms with Gasteiger partial charge in [0.2, 0.25) is 5.88 Å². The molecule has 2 aromatic rings. The van der Waals surface area contributed by atoms with Gasteiger partial charge in [0.05, 0.1) is 13.2 Å². The van der Waals surface area contributed by atoms with Crippen molar-refractivity contribution in [3.63, 3.8) is 0 Å². The van der Waals surface area contributed by atoms with Crippen molar-refractivity contribution in [1.82, 2.24) is 10.3 Å². The highest BCUT2D eigenvalue weighted by atomic mass is 127. The van der Waals surface area contributed by atoms with Crippen LogP contribution in [0, 0.1) is 0 Å². The zero-order chi connectivity index (χ0) is 18.2. The summed E-state index contributed by atoms with van der Waals surface area (Å²) in [5, 5.41) is 3.40. The lowest BCUT2D eigenvalue weighted by molar-refractivity contribution is 0.143. The fraction of sp³-hybridized carbons (Fsp3) is 0.400. The quantitative estimate of drug-likeness (QED) is 0.284. The third-order valence-electron chi connectivity index (χ3n) is 4.25. The monoisotopic (exact) mass is 482 g/mol. The van der Waals surface area contributed by atoms with E-state index in [2.05, 4.69) is 46.4 Å². The molecular formula is C20H27IN4O2. The first-order chi connectivity index (χ1) is 12.8. The number of benzene rings is 1. The summed E-state index contributed by atoms with van der Waals surface area (Å²) in [5.41, 5.74) is 3.56. The largest absolute Gasteiger partial charge is 0.475 e. The molecule has 7 heteroatoms. The second kappa shape index (κ2) is 11.1. The minimum absolute atomic E-state index is 0. The van der Waals surface area contributed by atoms with Gasteiger partial charge in [0.15, 0.2) is 5.96 Å². The Kier molecular flexibility index (Phi) is 8.80. The zero-order valence-corrected chi connectivity index (χ0v) is 18.2. The van der Waals surface area contributed by atoms with Gasteiger partial charge >= 0.3 is 0 Å². The molecule has 0 unspecified atom stereocenters. The van der Waals surface area contributed by atoms with E-state index in [4.69, 9.17) is 14.5 Å². The van der Waals surface area contributed by atoms with Crippen molar-refractivity contribution in [1.29, 1.82) is 0 Å². The van der Waals surface area contributed by atoms with Crippen molar-refractivity contribution in [3.05, 3.63) is 53.7 Å². The first-order valence-electron chi connectivity index (χ1n) is 9.03. The number of rotatable bonds is 7. The molecule has 0 radical (unpaired) electrons. The number of aromatic nitrogens is 1. The Labute approximate surface area is 178 Å². The molecule has 2 heterocycles. The second-order valence-electron chi connectivity index (χ2n) is 6.01. The van der Waals surface area contributed by atoms with Crippen LogP contribution in [0.2, 0.25) is 0 Å². The van der Waals surface area contributed by atoms with E-state index in [1.807, 2.05) is 12.1 Å². The predicted octanol–water partition coefficient (Wildman–Crippen LogP) is 3.25. The number of fused-ring (bicyclic) bond motifs is 1. The van der Waals surface area contributed by atoms with Crippen molar-refractivity contribution in [3.8, 4) is 5.88 Å². The summed E-state index contributed by atoms with van der Waals surface area (Å²) in [4.78, 5) is 11.4. The average molecular weight is 482 g/mol. The number of halogens is 1. The molecule has 6 nitrogen and oxygen atoms in total. The lowest BCUT2D eigenvalue weighted by Gasteiger charge is -2.22. The number of guanidine groups is 1. The second-order valence-corrected chi connectivity index (χ2v) is 6.01. The number of aliphatic imine (C=N–C) groups is 1. The molecule has 1 N–H and O–H groups in total. The molecule has 0 fully saturated rings. The highest BCUT2D eigenvalue weighted by Crippen LogP contribution is 2.27. The smallest absolute Gasteiger partial charge is 0.218 e. The molecule has 0 atom stereocenters.